The van der Waals surface area contributed by atoms with E-state index >= 15 is 0 Å². The summed E-state index contributed by atoms with van der Waals surface area (Å²) >= 11 is 0. The first-order valence-electron chi connectivity index (χ1n) is 25.8. The monoisotopic (exact) mass is 884 g/mol. The van der Waals surface area contributed by atoms with Gasteiger partial charge < -0.3 is 20.1 Å². The van der Waals surface area contributed by atoms with Crippen LogP contribution in [0.25, 0.3) is 0 Å². The fraction of sp³-hybridized carbons (Fsp3) is 0.882. The Morgan fingerprint density at radius 1 is 0.492 bits per heavy atom. The topological polar surface area (TPSA) is 134 Å². The lowest BCUT2D eigenvalue weighted by molar-refractivity contribution is -0.161. The van der Waals surface area contributed by atoms with E-state index in [2.05, 4.69) is 38.2 Å². The molecule has 10 heteroatoms. The van der Waals surface area contributed by atoms with Gasteiger partial charge in [-0.15, -0.1) is 0 Å². The predicted octanol–water partition coefficient (Wildman–Crippen LogP) is 15.5. The summed E-state index contributed by atoms with van der Waals surface area (Å²) in [5, 5.41) is 0. The van der Waals surface area contributed by atoms with Crippen LogP contribution >= 0.6 is 7.82 Å². The number of rotatable bonds is 49. The van der Waals surface area contributed by atoms with Gasteiger partial charge in [0.05, 0.1) is 13.2 Å². The van der Waals surface area contributed by atoms with Crippen molar-refractivity contribution in [1.82, 2.24) is 0 Å². The number of carbonyl (C=O) groups excluding carboxylic acids is 2. The van der Waals surface area contributed by atoms with Gasteiger partial charge in [0.1, 0.15) is 6.61 Å². The van der Waals surface area contributed by atoms with E-state index in [1.807, 2.05) is 0 Å². The van der Waals surface area contributed by atoms with E-state index in [-0.39, 0.29) is 38.6 Å². The minimum absolute atomic E-state index is 0.0560. The molecule has 0 bridgehead atoms. The minimum Gasteiger partial charge on any atom is -0.462 e. The normalized spacial score (nSPS) is 13.3. The molecule has 2 unspecified atom stereocenters. The van der Waals surface area contributed by atoms with Crippen molar-refractivity contribution in [3.63, 3.8) is 0 Å². The zero-order valence-corrected chi connectivity index (χ0v) is 40.8. The van der Waals surface area contributed by atoms with Gasteiger partial charge in [0.15, 0.2) is 6.10 Å². The number of unbranched alkanes of at least 4 members (excludes halogenated alkanes) is 32. The van der Waals surface area contributed by atoms with Crippen molar-refractivity contribution >= 4 is 19.8 Å². The Balaban J connectivity index is 3.65. The van der Waals surface area contributed by atoms with Gasteiger partial charge in [-0.1, -0.05) is 224 Å². The van der Waals surface area contributed by atoms with E-state index in [9.17, 15) is 19.0 Å². The van der Waals surface area contributed by atoms with Crippen molar-refractivity contribution in [3.8, 4) is 0 Å². The fourth-order valence-electron chi connectivity index (χ4n) is 7.49. The molecule has 0 spiro atoms. The molecule has 0 aromatic carbocycles. The Kier molecular flexibility index (Phi) is 46.8. The lowest BCUT2D eigenvalue weighted by Crippen LogP contribution is -2.29. The number of ether oxygens (including phenoxy) is 2. The molecular formula is C51H98NO8P. The number of carbonyl (C=O) groups is 2. The fourth-order valence-corrected chi connectivity index (χ4v) is 8.26. The second-order valence-corrected chi connectivity index (χ2v) is 18.9. The van der Waals surface area contributed by atoms with Crippen molar-refractivity contribution in [2.24, 2.45) is 5.73 Å². The quantitative estimate of drug-likeness (QED) is 0.0265. The van der Waals surface area contributed by atoms with Gasteiger partial charge in [-0.05, 0) is 44.9 Å². The first-order chi connectivity index (χ1) is 29.8. The molecule has 9 nitrogen and oxygen atoms in total. The van der Waals surface area contributed by atoms with Gasteiger partial charge in [0.25, 0.3) is 0 Å². The summed E-state index contributed by atoms with van der Waals surface area (Å²) in [6.07, 6.45) is 54.5. The zero-order valence-electron chi connectivity index (χ0n) is 39.9. The van der Waals surface area contributed by atoms with Gasteiger partial charge in [0.2, 0.25) is 0 Å². The SMILES string of the molecule is CCCCCCC/C=C\C/C=C\CCCCCCCCCCCCCCCCCCCCCCCCCC(=O)OC(COC(=O)CCCCCCC)COP(=O)(O)OCCN. The van der Waals surface area contributed by atoms with Gasteiger partial charge in [-0.25, -0.2) is 4.57 Å². The molecule has 0 saturated carbocycles. The van der Waals surface area contributed by atoms with Crippen LogP contribution in [-0.2, 0) is 32.7 Å². The number of esters is 2. The number of phosphoric ester groups is 1. The highest BCUT2D eigenvalue weighted by atomic mass is 31.2. The van der Waals surface area contributed by atoms with Crippen LogP contribution in [0.1, 0.15) is 258 Å². The highest BCUT2D eigenvalue weighted by Gasteiger charge is 2.26. The molecule has 0 aliphatic heterocycles. The molecule has 61 heavy (non-hydrogen) atoms. The lowest BCUT2D eigenvalue weighted by Gasteiger charge is -2.19. The van der Waals surface area contributed by atoms with E-state index in [1.165, 1.54) is 173 Å². The van der Waals surface area contributed by atoms with Crippen LogP contribution in [0.2, 0.25) is 0 Å². The summed E-state index contributed by atoms with van der Waals surface area (Å²) in [5.41, 5.74) is 5.33. The Hall–Kier alpha value is -1.51. The van der Waals surface area contributed by atoms with E-state index in [0.717, 1.165) is 51.4 Å². The second-order valence-electron chi connectivity index (χ2n) is 17.4. The van der Waals surface area contributed by atoms with Crippen molar-refractivity contribution < 1.29 is 37.6 Å². The van der Waals surface area contributed by atoms with E-state index < -0.39 is 26.5 Å². The highest BCUT2D eigenvalue weighted by Crippen LogP contribution is 2.43. The molecular weight excluding hydrogens is 786 g/mol. The number of phosphoric acid groups is 1. The second kappa shape index (κ2) is 48.0. The van der Waals surface area contributed by atoms with Crippen molar-refractivity contribution in [2.45, 2.75) is 264 Å². The number of hydrogen-bond acceptors (Lipinski definition) is 8. The number of hydrogen-bond donors (Lipinski definition) is 2. The molecule has 0 radical (unpaired) electrons. The Morgan fingerprint density at radius 3 is 1.25 bits per heavy atom. The molecule has 2 atom stereocenters. The maximum absolute atomic E-state index is 12.5. The minimum atomic E-state index is -4.36. The van der Waals surface area contributed by atoms with Gasteiger partial charge in [-0.3, -0.25) is 18.6 Å². The van der Waals surface area contributed by atoms with Crippen LogP contribution in [0.4, 0.5) is 0 Å². The zero-order chi connectivity index (χ0) is 44.6. The van der Waals surface area contributed by atoms with Gasteiger partial charge in [-0.2, -0.15) is 0 Å². The number of nitrogens with two attached hydrogens (primary N) is 1. The molecule has 0 aromatic rings. The third kappa shape index (κ3) is 47.8. The van der Waals surface area contributed by atoms with E-state index in [0.29, 0.717) is 6.42 Å². The highest BCUT2D eigenvalue weighted by molar-refractivity contribution is 7.47. The molecule has 0 saturated heterocycles. The molecule has 0 rings (SSSR count). The first kappa shape index (κ1) is 59.5. The number of allylic oxidation sites excluding steroid dienone is 4. The van der Waals surface area contributed by atoms with Crippen molar-refractivity contribution in [2.75, 3.05) is 26.4 Å². The third-order valence-corrected chi connectivity index (χ3v) is 12.3. The molecule has 0 fully saturated rings. The van der Waals surface area contributed by atoms with Crippen LogP contribution in [0.15, 0.2) is 24.3 Å². The van der Waals surface area contributed by atoms with Crippen LogP contribution in [0, 0.1) is 0 Å². The molecule has 3 N–H and O–H groups in total. The molecule has 0 aliphatic carbocycles. The van der Waals surface area contributed by atoms with E-state index in [1.54, 1.807) is 0 Å². The summed E-state index contributed by atoms with van der Waals surface area (Å²) < 4.78 is 32.6. The lowest BCUT2D eigenvalue weighted by atomic mass is 10.0. The summed E-state index contributed by atoms with van der Waals surface area (Å²) in [6.45, 7) is 3.65. The predicted molar refractivity (Wildman–Crippen MR) is 257 cm³/mol. The van der Waals surface area contributed by atoms with Crippen LogP contribution in [0.3, 0.4) is 0 Å². The molecule has 360 valence electrons. The summed E-state index contributed by atoms with van der Waals surface area (Å²) in [4.78, 5) is 34.6. The average Bonchev–Trinajstić information content (AvgIpc) is 3.25. The van der Waals surface area contributed by atoms with Gasteiger partial charge >= 0.3 is 19.8 Å². The summed E-state index contributed by atoms with van der Waals surface area (Å²) in [5.74, 6) is -0.831. The van der Waals surface area contributed by atoms with Crippen molar-refractivity contribution in [1.29, 1.82) is 0 Å². The Morgan fingerprint density at radius 2 is 0.852 bits per heavy atom. The smallest absolute Gasteiger partial charge is 0.462 e. The first-order valence-corrected chi connectivity index (χ1v) is 27.3. The third-order valence-electron chi connectivity index (χ3n) is 11.3. The Labute approximate surface area is 376 Å². The maximum atomic E-state index is 12.5. The van der Waals surface area contributed by atoms with Crippen LogP contribution < -0.4 is 5.73 Å². The largest absolute Gasteiger partial charge is 0.472 e. The molecule has 0 amide bonds. The van der Waals surface area contributed by atoms with Crippen LogP contribution in [0.5, 0.6) is 0 Å². The molecule has 0 aliphatic rings. The Bertz CT molecular complexity index is 1050. The molecule has 0 aromatic heterocycles. The molecule has 0 heterocycles. The van der Waals surface area contributed by atoms with E-state index in [4.69, 9.17) is 24.3 Å². The maximum Gasteiger partial charge on any atom is 0.472 e. The summed E-state index contributed by atoms with van der Waals surface area (Å²) in [6, 6.07) is 0. The van der Waals surface area contributed by atoms with Crippen LogP contribution in [-0.4, -0.2) is 49.3 Å². The van der Waals surface area contributed by atoms with Crippen molar-refractivity contribution in [3.05, 3.63) is 24.3 Å². The summed E-state index contributed by atoms with van der Waals surface area (Å²) in [7, 11) is -4.36. The standard InChI is InChI=1S/C51H98NO8P/c1-3-5-7-9-10-11-12-13-14-15-16-17-18-19-20-21-22-23-24-25-26-27-28-29-30-31-32-33-34-35-36-37-38-40-42-44-51(54)60-49(48-59-61(55,56)58-46-45-52)47-57-50(53)43-41-39-8-6-4-2/h12-13,15-16,49H,3-11,14,17-48,52H2,1-2H3,(H,55,56)/b13-12-,16-15-. The average molecular weight is 884 g/mol. The van der Waals surface area contributed by atoms with Gasteiger partial charge in [0, 0.05) is 19.4 Å².